The number of sulfonamides is 1. The summed E-state index contributed by atoms with van der Waals surface area (Å²) in [6.45, 7) is 3.50. The summed E-state index contributed by atoms with van der Waals surface area (Å²) in [7, 11) is 1.16. The molecule has 0 unspecified atom stereocenters. The summed E-state index contributed by atoms with van der Waals surface area (Å²) < 4.78 is 38.4. The van der Waals surface area contributed by atoms with Gasteiger partial charge in [0, 0.05) is 56.6 Å². The number of piperidine rings is 1. The maximum atomic E-state index is 13.3. The smallest absolute Gasteiger partial charge is 0.253 e. The maximum Gasteiger partial charge on any atom is 0.253 e. The summed E-state index contributed by atoms with van der Waals surface area (Å²) in [5.41, 5.74) is 1.15. The zero-order valence-electron chi connectivity index (χ0n) is 21.5. The number of hydrogen-bond acceptors (Lipinski definition) is 7. The summed E-state index contributed by atoms with van der Waals surface area (Å²) >= 11 is 0. The fourth-order valence-corrected chi connectivity index (χ4v) is 6.17. The molecule has 0 saturated carbocycles. The van der Waals surface area contributed by atoms with E-state index in [1.54, 1.807) is 30.3 Å². The van der Waals surface area contributed by atoms with Crippen molar-refractivity contribution in [3.63, 3.8) is 0 Å². The van der Waals surface area contributed by atoms with Crippen molar-refractivity contribution in [1.82, 2.24) is 14.1 Å². The number of hydrogen-bond donors (Lipinski definition) is 1. The van der Waals surface area contributed by atoms with Gasteiger partial charge in [0.1, 0.15) is 0 Å². The first kappa shape index (κ1) is 26.9. The highest BCUT2D eigenvalue weighted by molar-refractivity contribution is 7.89. The lowest BCUT2D eigenvalue weighted by Crippen LogP contribution is -2.47. The maximum absolute atomic E-state index is 13.3. The third kappa shape index (κ3) is 6.06. The lowest BCUT2D eigenvalue weighted by atomic mass is 9.98. The highest BCUT2D eigenvalue weighted by Gasteiger charge is 2.34. The molecular weight excluding hydrogens is 496 g/mol. The predicted molar refractivity (Wildman–Crippen MR) is 140 cm³/mol. The lowest BCUT2D eigenvalue weighted by molar-refractivity contribution is -0.120. The number of likely N-dealkylation sites (N-methyl/N-ethyl adjacent to an activating group) is 1. The van der Waals surface area contributed by atoms with Gasteiger partial charge in [-0.2, -0.15) is 4.31 Å². The van der Waals surface area contributed by atoms with Crippen LogP contribution in [-0.4, -0.2) is 94.9 Å². The molecule has 2 heterocycles. The molecule has 2 aromatic carbocycles. The number of carbonyl (C=O) groups excluding carboxylic acids is 2. The molecule has 0 spiro atoms. The van der Waals surface area contributed by atoms with Crippen LogP contribution in [0.25, 0.3) is 0 Å². The van der Waals surface area contributed by atoms with Crippen molar-refractivity contribution in [2.24, 2.45) is 5.92 Å². The highest BCUT2D eigenvalue weighted by atomic mass is 32.2. The number of carbonyl (C=O) groups is 2. The van der Waals surface area contributed by atoms with Crippen molar-refractivity contribution in [1.29, 1.82) is 0 Å². The van der Waals surface area contributed by atoms with E-state index in [9.17, 15) is 18.0 Å². The van der Waals surface area contributed by atoms with Crippen LogP contribution in [0.15, 0.2) is 47.4 Å². The van der Waals surface area contributed by atoms with Gasteiger partial charge in [0.05, 0.1) is 25.0 Å². The minimum Gasteiger partial charge on any atom is -0.493 e. The number of benzene rings is 2. The fourth-order valence-electron chi connectivity index (χ4n) is 4.63. The number of nitrogens with zero attached hydrogens (tertiary/aromatic N) is 3. The molecular formula is C26H34N4O6S. The van der Waals surface area contributed by atoms with E-state index < -0.39 is 15.9 Å². The molecule has 0 aliphatic carbocycles. The molecule has 37 heavy (non-hydrogen) atoms. The molecule has 4 rings (SSSR count). The molecule has 11 heteroatoms. The Hall–Kier alpha value is -3.15. The van der Waals surface area contributed by atoms with Crippen LogP contribution in [0.3, 0.4) is 0 Å². The van der Waals surface area contributed by atoms with E-state index in [-0.39, 0.29) is 23.3 Å². The van der Waals surface area contributed by atoms with Gasteiger partial charge in [-0.3, -0.25) is 9.59 Å². The zero-order valence-corrected chi connectivity index (χ0v) is 22.3. The number of amides is 2. The Kier molecular flexibility index (Phi) is 8.35. The van der Waals surface area contributed by atoms with Crippen molar-refractivity contribution in [2.45, 2.75) is 17.7 Å². The number of ether oxygens (including phenoxy) is 2. The van der Waals surface area contributed by atoms with Gasteiger partial charge in [0.25, 0.3) is 5.91 Å². The van der Waals surface area contributed by atoms with Gasteiger partial charge in [-0.1, -0.05) is 0 Å². The van der Waals surface area contributed by atoms with Crippen molar-refractivity contribution in [3.8, 4) is 11.5 Å². The molecule has 0 bridgehead atoms. The molecule has 10 nitrogen and oxygen atoms in total. The monoisotopic (exact) mass is 530 g/mol. The summed E-state index contributed by atoms with van der Waals surface area (Å²) in [5, 5.41) is 2.88. The first-order chi connectivity index (χ1) is 17.7. The van der Waals surface area contributed by atoms with Crippen molar-refractivity contribution >= 4 is 27.5 Å². The van der Waals surface area contributed by atoms with Gasteiger partial charge in [-0.05, 0) is 56.3 Å². The molecule has 2 aliphatic rings. The summed E-state index contributed by atoms with van der Waals surface area (Å²) in [6.07, 6.45) is 1.16. The van der Waals surface area contributed by atoms with Crippen LogP contribution in [0.2, 0.25) is 0 Å². The van der Waals surface area contributed by atoms with Crippen LogP contribution in [0.4, 0.5) is 5.69 Å². The Balaban J connectivity index is 1.39. The molecule has 2 aromatic rings. The Morgan fingerprint density at radius 1 is 0.919 bits per heavy atom. The fraction of sp³-hybridized carbons (Fsp3) is 0.462. The van der Waals surface area contributed by atoms with E-state index in [1.807, 2.05) is 11.9 Å². The quantitative estimate of drug-likeness (QED) is 0.584. The second-order valence-electron chi connectivity index (χ2n) is 9.38. The van der Waals surface area contributed by atoms with Crippen LogP contribution in [-0.2, 0) is 14.8 Å². The number of piperazine rings is 1. The van der Waals surface area contributed by atoms with Gasteiger partial charge in [-0.25, -0.2) is 8.42 Å². The average molecular weight is 531 g/mol. The number of nitrogens with one attached hydrogen (secondary N) is 1. The van der Waals surface area contributed by atoms with Gasteiger partial charge in [0.15, 0.2) is 11.5 Å². The third-order valence-electron chi connectivity index (χ3n) is 6.94. The number of rotatable bonds is 7. The molecule has 200 valence electrons. The standard InChI is InChI=1S/C26H34N4O6S/c1-28-13-15-29(16-14-28)26(32)19-6-8-21(9-7-19)27-25(31)20-5-4-12-30(18-20)37(33,34)22-10-11-23(35-2)24(17-22)36-3/h6-11,17,20H,4-5,12-16,18H2,1-3H3,(H,27,31)/t20-/m1/s1. The zero-order chi connectivity index (χ0) is 26.6. The van der Waals surface area contributed by atoms with Crippen LogP contribution in [0.1, 0.15) is 23.2 Å². The SMILES string of the molecule is COc1ccc(S(=O)(=O)N2CCC[C@@H](C(=O)Nc3ccc(C(=O)N4CCN(C)CC4)cc3)C2)cc1OC. The van der Waals surface area contributed by atoms with Crippen molar-refractivity contribution < 1.29 is 27.5 Å². The number of methoxy groups -OCH3 is 2. The second kappa shape index (κ2) is 11.5. The lowest BCUT2D eigenvalue weighted by Gasteiger charge is -2.32. The molecule has 2 amide bonds. The Labute approximate surface area is 218 Å². The summed E-state index contributed by atoms with van der Waals surface area (Å²) in [4.78, 5) is 29.9. The van der Waals surface area contributed by atoms with Gasteiger partial charge in [-0.15, -0.1) is 0 Å². The van der Waals surface area contributed by atoms with Gasteiger partial charge < -0.3 is 24.6 Å². The largest absolute Gasteiger partial charge is 0.493 e. The minimum absolute atomic E-state index is 0.0192. The topological polar surface area (TPSA) is 108 Å². The van der Waals surface area contributed by atoms with Gasteiger partial charge in [0.2, 0.25) is 15.9 Å². The predicted octanol–water partition coefficient (Wildman–Crippen LogP) is 2.13. The van der Waals surface area contributed by atoms with E-state index in [4.69, 9.17) is 9.47 Å². The Bertz CT molecular complexity index is 1230. The first-order valence-electron chi connectivity index (χ1n) is 12.3. The summed E-state index contributed by atoms with van der Waals surface area (Å²) in [5.74, 6) is 0.00738. The van der Waals surface area contributed by atoms with E-state index in [0.717, 1.165) is 13.1 Å². The van der Waals surface area contributed by atoms with Crippen LogP contribution in [0, 0.1) is 5.92 Å². The second-order valence-corrected chi connectivity index (χ2v) is 11.3. The Morgan fingerprint density at radius 3 is 2.24 bits per heavy atom. The van der Waals surface area contributed by atoms with Crippen LogP contribution in [0.5, 0.6) is 11.5 Å². The normalized spacial score (nSPS) is 19.3. The Morgan fingerprint density at radius 2 is 1.59 bits per heavy atom. The van der Waals surface area contributed by atoms with Crippen LogP contribution < -0.4 is 14.8 Å². The molecule has 0 radical (unpaired) electrons. The molecule has 0 aromatic heterocycles. The molecule has 2 aliphatic heterocycles. The van der Waals surface area contributed by atoms with E-state index >= 15 is 0 Å². The van der Waals surface area contributed by atoms with E-state index in [2.05, 4.69) is 10.2 Å². The minimum atomic E-state index is -3.82. The van der Waals surface area contributed by atoms with E-state index in [1.165, 1.54) is 30.7 Å². The van der Waals surface area contributed by atoms with E-state index in [0.29, 0.717) is 55.2 Å². The molecule has 2 fully saturated rings. The first-order valence-corrected chi connectivity index (χ1v) is 13.8. The molecule has 1 atom stereocenters. The number of anilines is 1. The van der Waals surface area contributed by atoms with Crippen molar-refractivity contribution in [3.05, 3.63) is 48.0 Å². The molecule has 2 saturated heterocycles. The average Bonchev–Trinajstić information content (AvgIpc) is 2.93. The van der Waals surface area contributed by atoms with Crippen molar-refractivity contribution in [2.75, 3.05) is 65.9 Å². The molecule has 1 N–H and O–H groups in total. The van der Waals surface area contributed by atoms with Gasteiger partial charge >= 0.3 is 0 Å². The highest BCUT2D eigenvalue weighted by Crippen LogP contribution is 2.32. The van der Waals surface area contributed by atoms with Crippen LogP contribution >= 0.6 is 0 Å². The third-order valence-corrected chi connectivity index (χ3v) is 8.80. The summed E-state index contributed by atoms with van der Waals surface area (Å²) in [6, 6.07) is 11.3.